The van der Waals surface area contributed by atoms with Gasteiger partial charge in [0.15, 0.2) is 11.6 Å². The third-order valence-electron chi connectivity index (χ3n) is 7.60. The summed E-state index contributed by atoms with van der Waals surface area (Å²) in [4.78, 5) is 22.2. The van der Waals surface area contributed by atoms with Crippen molar-refractivity contribution >= 4 is 23.6 Å². The van der Waals surface area contributed by atoms with Gasteiger partial charge in [-0.25, -0.2) is 19.2 Å². The SMILES string of the molecule is [N-]=[N+]=Nc1ccccc1[C@@H]1OC(c2ccc(OCCCO)cc2)=N[C@]1(C/C=C/c1ccccc1)C(=O)NNCCc1cc(F)cc(F)c1. The van der Waals surface area contributed by atoms with E-state index in [9.17, 15) is 19.1 Å². The molecule has 10 nitrogen and oxygen atoms in total. The van der Waals surface area contributed by atoms with Crippen LogP contribution < -0.4 is 15.6 Å². The van der Waals surface area contributed by atoms with Crippen LogP contribution in [-0.4, -0.2) is 42.2 Å². The van der Waals surface area contributed by atoms with Gasteiger partial charge < -0.3 is 14.6 Å². The highest BCUT2D eigenvalue weighted by Gasteiger charge is 2.53. The van der Waals surface area contributed by atoms with E-state index in [0.29, 0.717) is 35.5 Å². The molecule has 5 rings (SSSR count). The highest BCUT2D eigenvalue weighted by atomic mass is 19.1. The van der Waals surface area contributed by atoms with Crippen LogP contribution in [0.15, 0.2) is 113 Å². The zero-order chi connectivity index (χ0) is 33.8. The minimum Gasteiger partial charge on any atom is -0.494 e. The number of nitrogens with zero attached hydrogens (tertiary/aromatic N) is 4. The molecular formula is C36H34F2N6O4. The Bertz CT molecular complexity index is 1790. The lowest BCUT2D eigenvalue weighted by Crippen LogP contribution is -2.52. The molecule has 0 saturated heterocycles. The molecule has 0 aromatic heterocycles. The maximum Gasteiger partial charge on any atom is 0.266 e. The summed E-state index contributed by atoms with van der Waals surface area (Å²) in [5.74, 6) is -1.13. The Morgan fingerprint density at radius 1 is 1.04 bits per heavy atom. The monoisotopic (exact) mass is 652 g/mol. The second-order valence-electron chi connectivity index (χ2n) is 11.0. The van der Waals surface area contributed by atoms with Gasteiger partial charge in [-0.1, -0.05) is 71.9 Å². The van der Waals surface area contributed by atoms with E-state index in [4.69, 9.17) is 19.6 Å². The molecule has 246 valence electrons. The van der Waals surface area contributed by atoms with Crippen LogP contribution in [0, 0.1) is 11.6 Å². The molecule has 0 saturated carbocycles. The van der Waals surface area contributed by atoms with Crippen LogP contribution in [0.5, 0.6) is 5.75 Å². The summed E-state index contributed by atoms with van der Waals surface area (Å²) in [6, 6.07) is 26.7. The molecule has 4 aromatic rings. The van der Waals surface area contributed by atoms with Crippen molar-refractivity contribution in [2.45, 2.75) is 30.9 Å². The number of aliphatic imine (C=N–C) groups is 1. The van der Waals surface area contributed by atoms with Crippen molar-refractivity contribution in [1.82, 2.24) is 10.9 Å². The van der Waals surface area contributed by atoms with Crippen LogP contribution in [0.3, 0.4) is 0 Å². The first-order valence-electron chi connectivity index (χ1n) is 15.4. The first kappa shape index (κ1) is 33.8. The van der Waals surface area contributed by atoms with E-state index in [1.165, 1.54) is 12.1 Å². The first-order valence-corrected chi connectivity index (χ1v) is 15.4. The van der Waals surface area contributed by atoms with Crippen molar-refractivity contribution in [3.63, 3.8) is 0 Å². The normalized spacial score (nSPS) is 17.0. The molecule has 4 aromatic carbocycles. The van der Waals surface area contributed by atoms with E-state index in [1.54, 1.807) is 48.5 Å². The van der Waals surface area contributed by atoms with Crippen LogP contribution in [0.25, 0.3) is 16.5 Å². The Labute approximate surface area is 276 Å². The van der Waals surface area contributed by atoms with Crippen molar-refractivity contribution in [2.75, 3.05) is 19.8 Å². The van der Waals surface area contributed by atoms with E-state index in [1.807, 2.05) is 42.5 Å². The Kier molecular flexibility index (Phi) is 11.5. The second-order valence-corrected chi connectivity index (χ2v) is 11.0. The zero-order valence-corrected chi connectivity index (χ0v) is 25.9. The standard InChI is InChI=1S/C36H34F2N6O4/c37-28-22-26(23-29(38)24-28)17-19-40-43-35(46)36(18-6-10-25-8-2-1-3-9-25)33(31-11-4-5-12-32(31)42-44-39)48-34(41-36)27-13-15-30(16-14-27)47-21-7-20-45/h1-6,8-16,22-24,33,40,45H,7,17-21H2,(H,43,46)/b10-6+/t33-,36-/m0/s1. The molecular weight excluding hydrogens is 618 g/mol. The molecule has 0 bridgehead atoms. The highest BCUT2D eigenvalue weighted by molar-refractivity contribution is 6.01. The van der Waals surface area contributed by atoms with E-state index < -0.39 is 29.2 Å². The average Bonchev–Trinajstić information content (AvgIpc) is 3.48. The Morgan fingerprint density at radius 3 is 2.50 bits per heavy atom. The molecule has 3 N–H and O–H groups in total. The lowest BCUT2D eigenvalue weighted by Gasteiger charge is -2.30. The van der Waals surface area contributed by atoms with Crippen molar-refractivity contribution in [2.24, 2.45) is 10.1 Å². The molecule has 48 heavy (non-hydrogen) atoms. The van der Waals surface area contributed by atoms with Gasteiger partial charge in [0.2, 0.25) is 5.90 Å². The lowest BCUT2D eigenvalue weighted by molar-refractivity contribution is -0.129. The van der Waals surface area contributed by atoms with Crippen molar-refractivity contribution in [1.29, 1.82) is 0 Å². The summed E-state index contributed by atoms with van der Waals surface area (Å²) in [5.41, 5.74) is 16.0. The average molecular weight is 653 g/mol. The zero-order valence-electron chi connectivity index (χ0n) is 25.9. The van der Waals surface area contributed by atoms with Gasteiger partial charge >= 0.3 is 0 Å². The Morgan fingerprint density at radius 2 is 1.77 bits per heavy atom. The van der Waals surface area contributed by atoms with Gasteiger partial charge in [0.25, 0.3) is 5.91 Å². The largest absolute Gasteiger partial charge is 0.494 e. The number of ether oxygens (including phenoxy) is 2. The number of azide groups is 1. The van der Waals surface area contributed by atoms with Gasteiger partial charge in [-0.05, 0) is 59.5 Å². The van der Waals surface area contributed by atoms with Gasteiger partial charge in [0.1, 0.15) is 17.4 Å². The number of aliphatic hydroxyl groups excluding tert-OH is 1. The van der Waals surface area contributed by atoms with E-state index in [2.05, 4.69) is 20.9 Å². The topological polar surface area (TPSA) is 141 Å². The Balaban J connectivity index is 1.50. The molecule has 0 unspecified atom stereocenters. The van der Waals surface area contributed by atoms with Crippen molar-refractivity contribution in [3.05, 3.63) is 147 Å². The van der Waals surface area contributed by atoms with Gasteiger partial charge in [-0.2, -0.15) is 0 Å². The molecule has 0 fully saturated rings. The van der Waals surface area contributed by atoms with Crippen LogP contribution in [0.1, 0.15) is 41.2 Å². The predicted molar refractivity (Wildman–Crippen MR) is 178 cm³/mol. The first-order chi connectivity index (χ1) is 23.4. The van der Waals surface area contributed by atoms with Crippen molar-refractivity contribution in [3.8, 4) is 5.75 Å². The number of carbonyl (C=O) groups excluding carboxylic acids is 1. The summed E-state index contributed by atoms with van der Waals surface area (Å²) in [7, 11) is 0. The van der Waals surface area contributed by atoms with E-state index in [0.717, 1.165) is 11.6 Å². The molecule has 2 atom stereocenters. The molecule has 0 radical (unpaired) electrons. The molecule has 0 spiro atoms. The smallest absolute Gasteiger partial charge is 0.266 e. The summed E-state index contributed by atoms with van der Waals surface area (Å²) >= 11 is 0. The number of carbonyl (C=O) groups is 1. The number of hydrazine groups is 1. The lowest BCUT2D eigenvalue weighted by atomic mass is 9.83. The number of nitrogens with one attached hydrogen (secondary N) is 2. The summed E-state index contributed by atoms with van der Waals surface area (Å²) in [5, 5.41) is 12.9. The van der Waals surface area contributed by atoms with Crippen molar-refractivity contribution < 1.29 is 28.2 Å². The number of rotatable bonds is 15. The minimum atomic E-state index is -1.59. The fraction of sp³-hybridized carbons (Fsp3) is 0.222. The second kappa shape index (κ2) is 16.3. The summed E-state index contributed by atoms with van der Waals surface area (Å²) in [6.45, 7) is 0.534. The Hall–Kier alpha value is -5.55. The number of hydrogen-bond acceptors (Lipinski definition) is 7. The predicted octanol–water partition coefficient (Wildman–Crippen LogP) is 6.89. The fourth-order valence-corrected chi connectivity index (χ4v) is 5.29. The molecule has 1 aliphatic heterocycles. The van der Waals surface area contributed by atoms with Gasteiger partial charge in [0, 0.05) is 53.8 Å². The molecule has 1 amide bonds. The summed E-state index contributed by atoms with van der Waals surface area (Å²) in [6.07, 6.45) is 3.51. The fourth-order valence-electron chi connectivity index (χ4n) is 5.29. The number of aliphatic hydroxyl groups is 1. The number of hydrogen-bond donors (Lipinski definition) is 3. The molecule has 12 heteroatoms. The van der Waals surface area contributed by atoms with Crippen LogP contribution in [0.2, 0.25) is 0 Å². The third-order valence-corrected chi connectivity index (χ3v) is 7.60. The molecule has 1 aliphatic rings. The number of amides is 1. The maximum atomic E-state index is 14.3. The highest BCUT2D eigenvalue weighted by Crippen LogP contribution is 2.45. The minimum absolute atomic E-state index is 0.0164. The van der Waals surface area contributed by atoms with Crippen LogP contribution in [-0.2, 0) is 16.0 Å². The third kappa shape index (κ3) is 8.42. The van der Waals surface area contributed by atoms with Gasteiger partial charge in [-0.3, -0.25) is 10.2 Å². The van der Waals surface area contributed by atoms with Gasteiger partial charge in [0.05, 0.1) is 6.61 Å². The summed E-state index contributed by atoms with van der Waals surface area (Å²) < 4.78 is 39.6. The number of benzene rings is 4. The van der Waals surface area contributed by atoms with E-state index in [-0.39, 0.29) is 37.6 Å². The van der Waals surface area contributed by atoms with E-state index >= 15 is 0 Å². The molecule has 0 aliphatic carbocycles. The maximum absolute atomic E-state index is 14.3. The van der Waals surface area contributed by atoms with Crippen LogP contribution >= 0.6 is 0 Å². The quantitative estimate of drug-likeness (QED) is 0.0422. The number of halogens is 2. The molecule has 1 heterocycles. The van der Waals surface area contributed by atoms with Gasteiger partial charge in [-0.15, -0.1) is 0 Å². The van der Waals surface area contributed by atoms with Crippen LogP contribution in [0.4, 0.5) is 14.5 Å².